The third-order valence-electron chi connectivity index (χ3n) is 6.39. The fourth-order valence-electron chi connectivity index (χ4n) is 4.40. The van der Waals surface area contributed by atoms with E-state index in [1.54, 1.807) is 24.5 Å². The summed E-state index contributed by atoms with van der Waals surface area (Å²) >= 11 is 1.27. The maximum atomic E-state index is 13.0. The molecule has 2 aromatic carbocycles. The van der Waals surface area contributed by atoms with Crippen molar-refractivity contribution in [3.05, 3.63) is 94.4 Å². The zero-order chi connectivity index (χ0) is 24.6. The average molecular weight is 509 g/mol. The molecule has 0 amide bonds. The lowest BCUT2D eigenvalue weighted by Gasteiger charge is -2.37. The number of anilines is 1. The molecule has 1 aromatic heterocycles. The van der Waals surface area contributed by atoms with Crippen molar-refractivity contribution in [2.24, 2.45) is 5.73 Å². The smallest absolute Gasteiger partial charge is 0.225 e. The number of furan rings is 1. The Hall–Kier alpha value is -3.30. The van der Waals surface area contributed by atoms with Gasteiger partial charge in [0.2, 0.25) is 9.84 Å². The third-order valence-corrected chi connectivity index (χ3v) is 9.49. The SMILES string of the molecule is C=C(c1occc1C)N1CCN(c2ccc(CNC3=C(N)Sc4ccccc4S3(=O)=O)cc2)CC1. The highest BCUT2D eigenvalue weighted by atomic mass is 32.2. The van der Waals surface area contributed by atoms with Gasteiger partial charge >= 0.3 is 0 Å². The summed E-state index contributed by atoms with van der Waals surface area (Å²) in [5.41, 5.74) is 10.3. The normalized spacial score (nSPS) is 17.3. The van der Waals surface area contributed by atoms with E-state index in [2.05, 4.69) is 33.8 Å². The van der Waals surface area contributed by atoms with Gasteiger partial charge in [0.05, 0.1) is 16.9 Å². The molecular weight excluding hydrogens is 480 g/mol. The van der Waals surface area contributed by atoms with Crippen molar-refractivity contribution in [1.82, 2.24) is 10.2 Å². The number of piperazine rings is 1. The Morgan fingerprint density at radius 2 is 1.80 bits per heavy atom. The van der Waals surface area contributed by atoms with Crippen LogP contribution in [0.1, 0.15) is 16.9 Å². The quantitative estimate of drug-likeness (QED) is 0.514. The van der Waals surface area contributed by atoms with Crippen molar-refractivity contribution >= 4 is 33.0 Å². The number of hydrogen-bond acceptors (Lipinski definition) is 8. The van der Waals surface area contributed by atoms with Gasteiger partial charge in [0.25, 0.3) is 0 Å². The molecule has 35 heavy (non-hydrogen) atoms. The summed E-state index contributed by atoms with van der Waals surface area (Å²) in [6.45, 7) is 10.1. The maximum Gasteiger partial charge on any atom is 0.225 e. The van der Waals surface area contributed by atoms with Gasteiger partial charge in [0.15, 0.2) is 10.8 Å². The number of aryl methyl sites for hydroxylation is 1. The monoisotopic (exact) mass is 508 g/mol. The van der Waals surface area contributed by atoms with Crippen LogP contribution in [-0.4, -0.2) is 39.5 Å². The summed E-state index contributed by atoms with van der Waals surface area (Å²) in [6.07, 6.45) is 1.70. The molecule has 0 unspecified atom stereocenters. The molecule has 3 heterocycles. The predicted octanol–water partition coefficient (Wildman–Crippen LogP) is 4.14. The largest absolute Gasteiger partial charge is 0.463 e. The number of nitrogens with zero attached hydrogens (tertiary/aromatic N) is 2. The van der Waals surface area contributed by atoms with Crippen molar-refractivity contribution < 1.29 is 12.8 Å². The van der Waals surface area contributed by atoms with Crippen LogP contribution < -0.4 is 16.0 Å². The van der Waals surface area contributed by atoms with Gasteiger partial charge in [-0.05, 0) is 48.4 Å². The van der Waals surface area contributed by atoms with Crippen LogP contribution in [0.5, 0.6) is 0 Å². The molecule has 9 heteroatoms. The minimum atomic E-state index is -3.66. The standard InChI is InChI=1S/C26H28N4O3S2/c1-18-11-16-33-24(18)19(2)29-12-14-30(15-13-29)21-9-7-20(8-10-21)17-28-26-25(27)34-22-5-3-4-6-23(22)35(26,31)32/h3-11,16,28H,2,12-15,17,27H2,1H3. The minimum Gasteiger partial charge on any atom is -0.463 e. The summed E-state index contributed by atoms with van der Waals surface area (Å²) < 4.78 is 31.7. The van der Waals surface area contributed by atoms with E-state index in [-0.39, 0.29) is 10.1 Å². The first kappa shape index (κ1) is 23.4. The second-order valence-electron chi connectivity index (χ2n) is 8.62. The summed E-state index contributed by atoms with van der Waals surface area (Å²) in [6, 6.07) is 17.1. The van der Waals surface area contributed by atoms with Gasteiger partial charge in [0.1, 0.15) is 5.03 Å². The lowest BCUT2D eigenvalue weighted by molar-refractivity contribution is 0.357. The molecule has 3 N–H and O–H groups in total. The predicted molar refractivity (Wildman–Crippen MR) is 140 cm³/mol. The highest BCUT2D eigenvalue weighted by Crippen LogP contribution is 2.39. The van der Waals surface area contributed by atoms with E-state index in [0.717, 1.165) is 54.5 Å². The Labute approximate surface area is 210 Å². The van der Waals surface area contributed by atoms with Gasteiger partial charge in [0, 0.05) is 43.3 Å². The lowest BCUT2D eigenvalue weighted by Crippen LogP contribution is -2.45. The van der Waals surface area contributed by atoms with Gasteiger partial charge in [-0.25, -0.2) is 8.42 Å². The van der Waals surface area contributed by atoms with Crippen LogP contribution >= 0.6 is 11.8 Å². The number of rotatable bonds is 6. The van der Waals surface area contributed by atoms with Gasteiger partial charge in [-0.3, -0.25) is 0 Å². The molecule has 0 radical (unpaired) electrons. The van der Waals surface area contributed by atoms with Crippen LogP contribution in [0.25, 0.3) is 5.70 Å². The van der Waals surface area contributed by atoms with E-state index in [4.69, 9.17) is 10.2 Å². The molecule has 7 nitrogen and oxygen atoms in total. The zero-order valence-corrected chi connectivity index (χ0v) is 21.2. The minimum absolute atomic E-state index is 0.0772. The van der Waals surface area contributed by atoms with Gasteiger partial charge in [-0.2, -0.15) is 0 Å². The fraction of sp³-hybridized carbons (Fsp3) is 0.231. The van der Waals surface area contributed by atoms with Crippen LogP contribution in [0.15, 0.2) is 91.7 Å². The van der Waals surface area contributed by atoms with Gasteiger partial charge in [-0.15, -0.1) is 0 Å². The molecule has 0 saturated carbocycles. The summed E-state index contributed by atoms with van der Waals surface area (Å²) in [7, 11) is -3.66. The number of benzene rings is 2. The number of fused-ring (bicyclic) bond motifs is 1. The molecule has 2 aliphatic heterocycles. The zero-order valence-electron chi connectivity index (χ0n) is 19.5. The van der Waals surface area contributed by atoms with Gasteiger partial charge < -0.3 is 25.3 Å². The van der Waals surface area contributed by atoms with Crippen molar-refractivity contribution in [2.75, 3.05) is 31.1 Å². The Morgan fingerprint density at radius 1 is 1.09 bits per heavy atom. The van der Waals surface area contributed by atoms with Crippen LogP contribution in [0.4, 0.5) is 5.69 Å². The molecule has 2 aliphatic rings. The second-order valence-corrected chi connectivity index (χ2v) is 11.6. The first-order chi connectivity index (χ1) is 16.8. The molecule has 0 spiro atoms. The van der Waals surface area contributed by atoms with E-state index in [1.807, 2.05) is 31.2 Å². The Balaban J connectivity index is 1.20. The highest BCUT2D eigenvalue weighted by molar-refractivity contribution is 8.06. The Bertz CT molecular complexity index is 1390. The molecule has 5 rings (SSSR count). The van der Waals surface area contributed by atoms with Crippen molar-refractivity contribution in [3.8, 4) is 0 Å². The summed E-state index contributed by atoms with van der Waals surface area (Å²) in [4.78, 5) is 5.55. The van der Waals surface area contributed by atoms with Crippen LogP contribution in [0.3, 0.4) is 0 Å². The van der Waals surface area contributed by atoms with E-state index < -0.39 is 9.84 Å². The van der Waals surface area contributed by atoms with Crippen molar-refractivity contribution in [3.63, 3.8) is 0 Å². The summed E-state index contributed by atoms with van der Waals surface area (Å²) in [5, 5.41) is 3.41. The molecule has 182 valence electrons. The third kappa shape index (κ3) is 4.53. The second kappa shape index (κ2) is 9.39. The van der Waals surface area contributed by atoms with Gasteiger partial charge in [-0.1, -0.05) is 42.6 Å². The topological polar surface area (TPSA) is 91.8 Å². The van der Waals surface area contributed by atoms with Crippen molar-refractivity contribution in [1.29, 1.82) is 0 Å². The molecule has 1 saturated heterocycles. The van der Waals surface area contributed by atoms with E-state index in [0.29, 0.717) is 16.3 Å². The highest BCUT2D eigenvalue weighted by Gasteiger charge is 2.31. The first-order valence-electron chi connectivity index (χ1n) is 11.4. The molecular formula is C26H28N4O3S2. The van der Waals surface area contributed by atoms with E-state index in [9.17, 15) is 8.42 Å². The average Bonchev–Trinajstić information content (AvgIpc) is 3.29. The molecule has 3 aromatic rings. The Morgan fingerprint density at radius 3 is 2.49 bits per heavy atom. The number of thioether (sulfide) groups is 1. The fourth-order valence-corrected chi connectivity index (χ4v) is 7.36. The maximum absolute atomic E-state index is 13.0. The van der Waals surface area contributed by atoms with Crippen LogP contribution in [0, 0.1) is 6.92 Å². The van der Waals surface area contributed by atoms with E-state index >= 15 is 0 Å². The number of nitrogens with two attached hydrogens (primary N) is 1. The molecule has 1 fully saturated rings. The number of sulfone groups is 1. The van der Waals surface area contributed by atoms with Crippen molar-refractivity contribution in [2.45, 2.75) is 23.3 Å². The molecule has 0 bridgehead atoms. The van der Waals surface area contributed by atoms with Crippen LogP contribution in [-0.2, 0) is 16.4 Å². The number of nitrogens with one attached hydrogen (secondary N) is 1. The van der Waals surface area contributed by atoms with E-state index in [1.165, 1.54) is 11.8 Å². The van der Waals surface area contributed by atoms with Crippen LogP contribution in [0.2, 0.25) is 0 Å². The summed E-state index contributed by atoms with van der Waals surface area (Å²) in [5.74, 6) is 0.855. The Kier molecular flexibility index (Phi) is 6.29. The first-order valence-corrected chi connectivity index (χ1v) is 13.7. The lowest BCUT2D eigenvalue weighted by atomic mass is 10.1. The molecule has 0 aliphatic carbocycles. The molecule has 0 atom stereocenters. The number of hydrogen-bond donors (Lipinski definition) is 2.